The van der Waals surface area contributed by atoms with Gasteiger partial charge in [0.2, 0.25) is 11.8 Å². The van der Waals surface area contributed by atoms with E-state index in [1.165, 1.54) is 0 Å². The smallest absolute Gasteiger partial charge is 0.239 e. The Bertz CT molecular complexity index is 1290. The number of pyridine rings is 1. The fourth-order valence-electron chi connectivity index (χ4n) is 3.78. The molecule has 3 N–H and O–H groups in total. The predicted octanol–water partition coefficient (Wildman–Crippen LogP) is 4.19. The number of hydrogen-bond donors (Lipinski definition) is 2. The monoisotopic (exact) mass is 400 g/mol. The molecule has 0 bridgehead atoms. The van der Waals surface area contributed by atoms with Crippen LogP contribution >= 0.6 is 0 Å². The average molecular weight is 400 g/mol. The molecule has 152 valence electrons. The van der Waals surface area contributed by atoms with Gasteiger partial charge in [0, 0.05) is 28.7 Å². The van der Waals surface area contributed by atoms with Gasteiger partial charge in [-0.05, 0) is 54.8 Å². The van der Waals surface area contributed by atoms with Crippen molar-refractivity contribution in [2.24, 2.45) is 5.84 Å². The molecule has 2 heterocycles. The van der Waals surface area contributed by atoms with Crippen LogP contribution < -0.4 is 16.0 Å². The lowest BCUT2D eigenvalue weighted by molar-refractivity contribution is -0.120. The van der Waals surface area contributed by atoms with E-state index in [0.717, 1.165) is 44.2 Å². The Morgan fingerprint density at radius 2 is 1.93 bits per heavy atom. The van der Waals surface area contributed by atoms with Gasteiger partial charge >= 0.3 is 0 Å². The lowest BCUT2D eigenvalue weighted by atomic mass is 10.1. The summed E-state index contributed by atoms with van der Waals surface area (Å²) in [5, 5.41) is 2.20. The Kier molecular flexibility index (Phi) is 5.25. The predicted molar refractivity (Wildman–Crippen MR) is 121 cm³/mol. The van der Waals surface area contributed by atoms with Crippen molar-refractivity contribution in [1.29, 1.82) is 0 Å². The van der Waals surface area contributed by atoms with Gasteiger partial charge in [0.25, 0.3) is 0 Å². The summed E-state index contributed by atoms with van der Waals surface area (Å²) < 4.78 is 7.33. The van der Waals surface area contributed by atoms with Gasteiger partial charge in [0.15, 0.2) is 0 Å². The minimum absolute atomic E-state index is 0.159. The second kappa shape index (κ2) is 8.00. The summed E-state index contributed by atoms with van der Waals surface area (Å²) in [5.41, 5.74) is 8.20. The molecule has 4 rings (SSSR count). The summed E-state index contributed by atoms with van der Waals surface area (Å²) in [4.78, 5) is 16.7. The molecule has 0 atom stereocenters. The number of carbonyl (C=O) groups excluding carboxylic acids is 1. The molecule has 6 heteroatoms. The van der Waals surface area contributed by atoms with Crippen LogP contribution in [0.25, 0.3) is 33.6 Å². The number of nitrogens with two attached hydrogens (primary N) is 1. The minimum Gasteiger partial charge on any atom is -0.481 e. The zero-order chi connectivity index (χ0) is 21.3. The lowest BCUT2D eigenvalue weighted by Crippen LogP contribution is -2.30. The Morgan fingerprint density at radius 3 is 2.70 bits per heavy atom. The van der Waals surface area contributed by atoms with E-state index in [1.807, 2.05) is 43.3 Å². The molecule has 4 aromatic rings. The highest BCUT2D eigenvalue weighted by Crippen LogP contribution is 2.28. The first kappa shape index (κ1) is 19.7. The van der Waals surface area contributed by atoms with E-state index in [1.54, 1.807) is 7.11 Å². The number of hydrogen-bond acceptors (Lipinski definition) is 4. The van der Waals surface area contributed by atoms with Gasteiger partial charge in [-0.15, -0.1) is 0 Å². The highest BCUT2D eigenvalue weighted by atomic mass is 16.5. The first-order chi connectivity index (χ1) is 14.5. The van der Waals surface area contributed by atoms with Gasteiger partial charge in [-0.25, -0.2) is 10.8 Å². The molecule has 6 nitrogen and oxygen atoms in total. The average Bonchev–Trinajstić information content (AvgIpc) is 3.10. The van der Waals surface area contributed by atoms with Gasteiger partial charge in [-0.1, -0.05) is 24.3 Å². The molecule has 0 radical (unpaired) electrons. The molecule has 1 amide bonds. The molecule has 0 aliphatic heterocycles. The van der Waals surface area contributed by atoms with Crippen LogP contribution in [-0.2, 0) is 4.79 Å². The second-order valence-electron chi connectivity index (χ2n) is 7.34. The summed E-state index contributed by atoms with van der Waals surface area (Å²) in [6.45, 7) is 4.10. The first-order valence-corrected chi connectivity index (χ1v) is 9.72. The molecule has 0 spiro atoms. The number of nitrogens with zero attached hydrogens (tertiary/aromatic N) is 2. The fraction of sp³-hybridized carbons (Fsp3) is 0.167. The molecule has 0 aliphatic carbocycles. The van der Waals surface area contributed by atoms with Crippen molar-refractivity contribution in [2.45, 2.75) is 20.3 Å². The van der Waals surface area contributed by atoms with Crippen LogP contribution in [0.2, 0.25) is 0 Å². The summed E-state index contributed by atoms with van der Waals surface area (Å²) in [6.07, 6.45) is 4.23. The Hall–Kier alpha value is -3.64. The maximum atomic E-state index is 12.2. The lowest BCUT2D eigenvalue weighted by Gasteiger charge is -2.12. The van der Waals surface area contributed by atoms with Crippen LogP contribution in [0.3, 0.4) is 0 Å². The standard InChI is InChI=1S/C24H24N4O2/c1-15-10-24(30-3)26-21-9-8-17(12-20(15)21)11-18(13-23(29)27-25)28-14-16(2)19-6-4-5-7-22(19)28/h4-12,14H,13,25H2,1-3H3,(H,27,29). The molecule has 0 aliphatic rings. The van der Waals surface area contributed by atoms with Crippen molar-refractivity contribution < 1.29 is 9.53 Å². The summed E-state index contributed by atoms with van der Waals surface area (Å²) in [5.74, 6) is 5.72. The SMILES string of the molecule is COc1cc(C)c2cc(C=C(CC(=O)NN)n3cc(C)c4ccccc43)ccc2n1. The Labute approximate surface area is 174 Å². The van der Waals surface area contributed by atoms with Crippen LogP contribution in [0.5, 0.6) is 5.88 Å². The summed E-state index contributed by atoms with van der Waals surface area (Å²) in [7, 11) is 1.61. The number of hydrazine groups is 1. The second-order valence-corrected chi connectivity index (χ2v) is 7.34. The number of para-hydroxylation sites is 1. The normalized spacial score (nSPS) is 11.8. The number of ether oxygens (including phenoxy) is 1. The van der Waals surface area contributed by atoms with E-state index in [0.29, 0.717) is 5.88 Å². The molecule has 2 aromatic heterocycles. The number of aromatic nitrogens is 2. The number of nitrogens with one attached hydrogen (secondary N) is 1. The number of fused-ring (bicyclic) bond motifs is 2. The van der Waals surface area contributed by atoms with Crippen LogP contribution in [0, 0.1) is 13.8 Å². The van der Waals surface area contributed by atoms with Crippen LogP contribution in [-0.4, -0.2) is 22.6 Å². The third-order valence-electron chi connectivity index (χ3n) is 5.28. The number of carbonyl (C=O) groups is 1. The van der Waals surface area contributed by atoms with Crippen molar-refractivity contribution in [2.75, 3.05) is 7.11 Å². The molecular formula is C24H24N4O2. The first-order valence-electron chi connectivity index (χ1n) is 9.72. The fourth-order valence-corrected chi connectivity index (χ4v) is 3.78. The minimum atomic E-state index is -0.250. The molecule has 30 heavy (non-hydrogen) atoms. The quantitative estimate of drug-likeness (QED) is 0.299. The third kappa shape index (κ3) is 3.65. The van der Waals surface area contributed by atoms with Crippen molar-refractivity contribution in [1.82, 2.24) is 15.0 Å². The van der Waals surface area contributed by atoms with Crippen molar-refractivity contribution in [3.63, 3.8) is 0 Å². The van der Waals surface area contributed by atoms with Gasteiger partial charge in [0.1, 0.15) is 0 Å². The maximum Gasteiger partial charge on any atom is 0.239 e. The van der Waals surface area contributed by atoms with Crippen molar-refractivity contribution in [3.8, 4) is 5.88 Å². The number of amides is 1. The molecule has 0 saturated heterocycles. The third-order valence-corrected chi connectivity index (χ3v) is 5.28. The van der Waals surface area contributed by atoms with Crippen molar-refractivity contribution in [3.05, 3.63) is 71.4 Å². The number of aryl methyl sites for hydroxylation is 2. The van der Waals surface area contributed by atoms with E-state index in [2.05, 4.69) is 46.3 Å². The van der Waals surface area contributed by atoms with E-state index in [4.69, 9.17) is 10.6 Å². The van der Waals surface area contributed by atoms with Crippen LogP contribution in [0.1, 0.15) is 23.1 Å². The van der Waals surface area contributed by atoms with E-state index in [9.17, 15) is 4.79 Å². The maximum absolute atomic E-state index is 12.2. The number of methoxy groups -OCH3 is 1. The molecule has 0 saturated carbocycles. The molecular weight excluding hydrogens is 376 g/mol. The van der Waals surface area contributed by atoms with E-state index < -0.39 is 0 Å². The number of benzene rings is 2. The van der Waals surface area contributed by atoms with Gasteiger partial charge in [-0.2, -0.15) is 0 Å². The van der Waals surface area contributed by atoms with Crippen molar-refractivity contribution >= 4 is 39.5 Å². The zero-order valence-corrected chi connectivity index (χ0v) is 17.3. The highest BCUT2D eigenvalue weighted by Gasteiger charge is 2.13. The van der Waals surface area contributed by atoms with Crippen LogP contribution in [0.4, 0.5) is 0 Å². The molecule has 0 unspecified atom stereocenters. The van der Waals surface area contributed by atoms with Gasteiger partial charge in [-0.3, -0.25) is 10.2 Å². The topological polar surface area (TPSA) is 82.2 Å². The Morgan fingerprint density at radius 1 is 1.13 bits per heavy atom. The zero-order valence-electron chi connectivity index (χ0n) is 17.3. The van der Waals surface area contributed by atoms with E-state index >= 15 is 0 Å². The largest absolute Gasteiger partial charge is 0.481 e. The van der Waals surface area contributed by atoms with Gasteiger partial charge < -0.3 is 9.30 Å². The summed E-state index contributed by atoms with van der Waals surface area (Å²) >= 11 is 0. The highest BCUT2D eigenvalue weighted by molar-refractivity contribution is 5.95. The molecule has 2 aromatic carbocycles. The van der Waals surface area contributed by atoms with Gasteiger partial charge in [0.05, 0.1) is 24.6 Å². The Balaban J connectivity index is 1.87. The number of rotatable bonds is 5. The van der Waals surface area contributed by atoms with Crippen LogP contribution in [0.15, 0.2) is 54.7 Å². The summed E-state index contributed by atoms with van der Waals surface area (Å²) in [6, 6.07) is 16.1. The van der Waals surface area contributed by atoms with E-state index in [-0.39, 0.29) is 12.3 Å². The molecule has 0 fully saturated rings.